The second-order valence-electron chi connectivity index (χ2n) is 10.8. The number of dihydropyridines is 1. The fourth-order valence-electron chi connectivity index (χ4n) is 4.28. The maximum atomic E-state index is 13.0. The number of pyridine rings is 1. The average Bonchev–Trinajstić information content (AvgIpc) is 3.48. The summed E-state index contributed by atoms with van der Waals surface area (Å²) in [5, 5.41) is 8.72. The number of nitrogens with zero attached hydrogens (tertiary/aromatic N) is 2. The number of amides is 2. The number of methoxy groups -OCH3 is 1. The lowest BCUT2D eigenvalue weighted by atomic mass is 9.90. The molecule has 0 saturated heterocycles. The van der Waals surface area contributed by atoms with Gasteiger partial charge in [0.05, 0.1) is 23.6 Å². The molecule has 1 aromatic heterocycles. The van der Waals surface area contributed by atoms with E-state index in [4.69, 9.17) is 9.47 Å². The number of allylic oxidation sites excluding steroid dienone is 5. The van der Waals surface area contributed by atoms with Crippen molar-refractivity contribution in [3.63, 3.8) is 0 Å². The zero-order valence-corrected chi connectivity index (χ0v) is 26.6. The number of ether oxygens (including phenoxy) is 2. The highest BCUT2D eigenvalue weighted by Crippen LogP contribution is 2.44. The summed E-state index contributed by atoms with van der Waals surface area (Å²) in [4.78, 5) is 36.2. The van der Waals surface area contributed by atoms with Gasteiger partial charge < -0.3 is 25.4 Å². The SMILES string of the molecule is C=C(F)/C=C\C(=C/C)NC(=O)C(C)(C)C(=O)Nc1ccc(OC2=CC=NC3C=C(c4ccc(CNCCOC)cn4)SC23)cc1. The highest BCUT2D eigenvalue weighted by Gasteiger charge is 2.37. The quantitative estimate of drug-likeness (QED) is 0.139. The summed E-state index contributed by atoms with van der Waals surface area (Å²) in [6.07, 6.45) is 11.7. The zero-order chi connectivity index (χ0) is 32.4. The molecule has 2 aromatic rings. The number of halogens is 1. The van der Waals surface area contributed by atoms with Crippen molar-refractivity contribution < 1.29 is 23.5 Å². The van der Waals surface area contributed by atoms with Gasteiger partial charge in [-0.1, -0.05) is 18.7 Å². The number of rotatable bonds is 14. The molecule has 4 rings (SSSR count). The maximum Gasteiger partial charge on any atom is 0.239 e. The molecular formula is C34H38FN5O4S. The molecule has 2 amide bonds. The van der Waals surface area contributed by atoms with E-state index >= 15 is 0 Å². The van der Waals surface area contributed by atoms with Crippen LogP contribution in [0.25, 0.3) is 4.91 Å². The van der Waals surface area contributed by atoms with E-state index in [1.807, 2.05) is 18.3 Å². The first-order chi connectivity index (χ1) is 21.6. The third kappa shape index (κ3) is 9.10. The van der Waals surface area contributed by atoms with Gasteiger partial charge in [-0.2, -0.15) is 0 Å². The Hall–Kier alpha value is -4.32. The molecule has 2 aliphatic rings. The number of carbonyl (C=O) groups is 2. The summed E-state index contributed by atoms with van der Waals surface area (Å²) in [5.41, 5.74) is 1.44. The van der Waals surface area contributed by atoms with Gasteiger partial charge >= 0.3 is 0 Å². The summed E-state index contributed by atoms with van der Waals surface area (Å²) in [6, 6.07) is 11.0. The van der Waals surface area contributed by atoms with Crippen LogP contribution in [0.15, 0.2) is 102 Å². The first kappa shape index (κ1) is 33.6. The third-order valence-corrected chi connectivity index (χ3v) is 8.41. The van der Waals surface area contributed by atoms with E-state index in [2.05, 4.69) is 44.6 Å². The van der Waals surface area contributed by atoms with Crippen LogP contribution in [0.3, 0.4) is 0 Å². The van der Waals surface area contributed by atoms with E-state index in [1.54, 1.807) is 62.4 Å². The molecule has 0 bridgehead atoms. The van der Waals surface area contributed by atoms with Crippen molar-refractivity contribution in [2.24, 2.45) is 10.4 Å². The first-order valence-electron chi connectivity index (χ1n) is 14.5. The third-order valence-electron chi connectivity index (χ3n) is 7.05. The molecule has 0 aliphatic carbocycles. The van der Waals surface area contributed by atoms with Crippen LogP contribution in [-0.4, -0.2) is 54.6 Å². The monoisotopic (exact) mass is 631 g/mol. The van der Waals surface area contributed by atoms with Crippen molar-refractivity contribution in [1.82, 2.24) is 15.6 Å². The summed E-state index contributed by atoms with van der Waals surface area (Å²) < 4.78 is 24.3. The van der Waals surface area contributed by atoms with Gasteiger partial charge in [-0.15, -0.1) is 11.8 Å². The summed E-state index contributed by atoms with van der Waals surface area (Å²) in [5.74, 6) is -0.315. The number of carbonyl (C=O) groups excluding carboxylic acids is 2. The molecule has 0 fully saturated rings. The Labute approximate surface area is 267 Å². The number of aliphatic imine (C=N–C) groups is 1. The van der Waals surface area contributed by atoms with E-state index < -0.39 is 23.1 Å². The predicted octanol–water partition coefficient (Wildman–Crippen LogP) is 5.71. The largest absolute Gasteiger partial charge is 0.460 e. The molecule has 9 nitrogen and oxygen atoms in total. The summed E-state index contributed by atoms with van der Waals surface area (Å²) >= 11 is 1.67. The number of hydrogen-bond acceptors (Lipinski definition) is 8. The van der Waals surface area contributed by atoms with Crippen LogP contribution in [0.5, 0.6) is 5.75 Å². The van der Waals surface area contributed by atoms with Crippen LogP contribution in [0.2, 0.25) is 0 Å². The average molecular weight is 632 g/mol. The van der Waals surface area contributed by atoms with Crippen LogP contribution in [0.4, 0.5) is 10.1 Å². The number of benzene rings is 1. The molecule has 0 spiro atoms. The molecule has 3 heterocycles. The Kier molecular flexibility index (Phi) is 11.6. The Bertz CT molecular complexity index is 1550. The van der Waals surface area contributed by atoms with Gasteiger partial charge in [-0.3, -0.25) is 19.6 Å². The Morgan fingerprint density at radius 2 is 1.91 bits per heavy atom. The molecule has 2 aliphatic heterocycles. The van der Waals surface area contributed by atoms with Crippen molar-refractivity contribution in [2.45, 2.75) is 38.6 Å². The van der Waals surface area contributed by atoms with E-state index in [-0.39, 0.29) is 11.3 Å². The standard InChI is InChI=1S/C34H38FN5O4S/c1-6-24(9-7-22(2)35)39-32(41)34(3,4)33(42)40-25-10-12-26(13-11-25)44-29-15-16-37-28-19-30(45-31(28)29)27-14-8-23(21-38-27)20-36-17-18-43-5/h6-16,19,21,28,31,36H,2,17-18,20H2,1,3-5H3,(H,39,41)(H,40,42)/b9-7-,24-6+. The van der Waals surface area contributed by atoms with Gasteiger partial charge in [-0.25, -0.2) is 4.39 Å². The van der Waals surface area contributed by atoms with Gasteiger partial charge in [0.2, 0.25) is 11.8 Å². The molecule has 45 heavy (non-hydrogen) atoms. The second kappa shape index (κ2) is 15.6. The number of fused-ring (bicyclic) bond motifs is 1. The number of nitrogens with one attached hydrogen (secondary N) is 3. The van der Waals surface area contributed by atoms with Crippen LogP contribution >= 0.6 is 11.8 Å². The Morgan fingerprint density at radius 3 is 2.58 bits per heavy atom. The minimum atomic E-state index is -1.41. The number of thioether (sulfide) groups is 1. The molecule has 3 N–H and O–H groups in total. The van der Waals surface area contributed by atoms with Crippen LogP contribution in [0.1, 0.15) is 32.0 Å². The van der Waals surface area contributed by atoms with E-state index in [9.17, 15) is 14.0 Å². The van der Waals surface area contributed by atoms with Crippen molar-refractivity contribution in [1.29, 1.82) is 0 Å². The highest BCUT2D eigenvalue weighted by atomic mass is 32.2. The molecule has 0 radical (unpaired) electrons. The van der Waals surface area contributed by atoms with Crippen LogP contribution < -0.4 is 20.7 Å². The number of anilines is 1. The smallest absolute Gasteiger partial charge is 0.239 e. The second-order valence-corrected chi connectivity index (χ2v) is 12.0. The molecule has 11 heteroatoms. The Balaban J connectivity index is 1.32. The van der Waals surface area contributed by atoms with E-state index in [0.29, 0.717) is 23.7 Å². The summed E-state index contributed by atoms with van der Waals surface area (Å²) in [6.45, 7) is 10.0. The molecule has 1 aromatic carbocycles. The summed E-state index contributed by atoms with van der Waals surface area (Å²) in [7, 11) is 1.68. The molecular weight excluding hydrogens is 593 g/mol. The lowest BCUT2D eigenvalue weighted by Gasteiger charge is -2.23. The van der Waals surface area contributed by atoms with Gasteiger partial charge in [0.25, 0.3) is 0 Å². The molecule has 0 saturated carbocycles. The topological polar surface area (TPSA) is 114 Å². The van der Waals surface area contributed by atoms with Crippen molar-refractivity contribution in [3.05, 3.63) is 108 Å². The van der Waals surface area contributed by atoms with Crippen molar-refractivity contribution >= 4 is 40.4 Å². The van der Waals surface area contributed by atoms with Crippen molar-refractivity contribution in [3.8, 4) is 5.75 Å². The fourth-order valence-corrected chi connectivity index (χ4v) is 5.54. The minimum Gasteiger partial charge on any atom is -0.460 e. The fraction of sp³-hybridized carbons (Fsp3) is 0.294. The number of hydrogen-bond donors (Lipinski definition) is 3. The molecule has 2 atom stereocenters. The molecule has 2 unspecified atom stereocenters. The zero-order valence-electron chi connectivity index (χ0n) is 25.8. The van der Waals surface area contributed by atoms with Gasteiger partial charge in [-0.05, 0) is 81.0 Å². The van der Waals surface area contributed by atoms with Gasteiger partial charge in [0, 0.05) is 48.9 Å². The highest BCUT2D eigenvalue weighted by molar-refractivity contribution is 8.09. The molecule has 236 valence electrons. The van der Waals surface area contributed by atoms with E-state index in [0.717, 1.165) is 41.1 Å². The van der Waals surface area contributed by atoms with Crippen molar-refractivity contribution in [2.75, 3.05) is 25.6 Å². The van der Waals surface area contributed by atoms with E-state index in [1.165, 1.54) is 19.9 Å². The maximum absolute atomic E-state index is 13.0. The van der Waals surface area contributed by atoms with Gasteiger partial charge in [0.15, 0.2) is 0 Å². The lowest BCUT2D eigenvalue weighted by molar-refractivity contribution is -0.137. The first-order valence-corrected chi connectivity index (χ1v) is 15.3. The normalized spacial score (nSPS) is 17.8. The van der Waals surface area contributed by atoms with Gasteiger partial charge in [0.1, 0.15) is 22.8 Å². The lowest BCUT2D eigenvalue weighted by Crippen LogP contribution is -2.44. The predicted molar refractivity (Wildman–Crippen MR) is 178 cm³/mol. The Morgan fingerprint density at radius 1 is 1.13 bits per heavy atom. The van der Waals surface area contributed by atoms with Crippen LogP contribution in [-0.2, 0) is 20.9 Å². The number of aromatic nitrogens is 1. The van der Waals surface area contributed by atoms with Crippen LogP contribution in [0, 0.1) is 5.41 Å². The minimum absolute atomic E-state index is 0.0271.